The van der Waals surface area contributed by atoms with Crippen molar-refractivity contribution in [2.24, 2.45) is 20.0 Å². The van der Waals surface area contributed by atoms with Gasteiger partial charge in [-0.3, -0.25) is 20.0 Å². The Morgan fingerprint density at radius 3 is 1.69 bits per heavy atom. The molecular weight excluding hydrogens is 360 g/mol. The summed E-state index contributed by atoms with van der Waals surface area (Å²) in [7, 11) is 0. The highest BCUT2D eigenvalue weighted by atomic mass is 14.9. The van der Waals surface area contributed by atoms with Gasteiger partial charge in [0, 0.05) is 85.7 Å². The van der Waals surface area contributed by atoms with Crippen molar-refractivity contribution in [3.8, 4) is 0 Å². The van der Waals surface area contributed by atoms with Crippen molar-refractivity contribution in [3.63, 3.8) is 0 Å². The van der Waals surface area contributed by atoms with E-state index in [2.05, 4.69) is 48.3 Å². The molecule has 0 spiro atoms. The molecule has 0 radical (unpaired) electrons. The van der Waals surface area contributed by atoms with Crippen molar-refractivity contribution < 1.29 is 0 Å². The molecule has 3 aliphatic rings. The first kappa shape index (κ1) is 23.0. The lowest BCUT2D eigenvalue weighted by Crippen LogP contribution is -2.20. The van der Waals surface area contributed by atoms with E-state index in [-0.39, 0.29) is 0 Å². The van der Waals surface area contributed by atoms with Crippen LogP contribution < -0.4 is 10.6 Å². The van der Waals surface area contributed by atoms with Crippen LogP contribution in [0.3, 0.4) is 0 Å². The van der Waals surface area contributed by atoms with Crippen LogP contribution in [0.15, 0.2) is 42.5 Å². The number of hydrogen-bond donors (Lipinski definition) is 2. The van der Waals surface area contributed by atoms with E-state index >= 15 is 0 Å². The maximum Gasteiger partial charge on any atom is 0.0422 e. The van der Waals surface area contributed by atoms with Crippen LogP contribution in [0.1, 0.15) is 59.8 Å². The van der Waals surface area contributed by atoms with Crippen LogP contribution in [-0.4, -0.2) is 63.1 Å². The lowest BCUT2D eigenvalue weighted by atomic mass is 10.1. The fourth-order valence-electron chi connectivity index (χ4n) is 3.39. The third-order valence-corrected chi connectivity index (χ3v) is 5.25. The van der Waals surface area contributed by atoms with E-state index in [1.807, 2.05) is 12.4 Å². The molecular formula is C23H38N6. The summed E-state index contributed by atoms with van der Waals surface area (Å²) in [6.45, 7) is 13.5. The van der Waals surface area contributed by atoms with Gasteiger partial charge in [-0.1, -0.05) is 0 Å². The van der Waals surface area contributed by atoms with E-state index < -0.39 is 0 Å². The summed E-state index contributed by atoms with van der Waals surface area (Å²) >= 11 is 0. The highest BCUT2D eigenvalue weighted by molar-refractivity contribution is 6.16. The molecule has 6 heteroatoms. The van der Waals surface area contributed by atoms with Gasteiger partial charge in [-0.2, -0.15) is 0 Å². The van der Waals surface area contributed by atoms with Gasteiger partial charge in [-0.25, -0.2) is 0 Å². The van der Waals surface area contributed by atoms with Gasteiger partial charge in [0.15, 0.2) is 0 Å². The van der Waals surface area contributed by atoms with Crippen LogP contribution in [0, 0.1) is 0 Å². The zero-order valence-electron chi connectivity index (χ0n) is 18.7. The molecule has 0 saturated heterocycles. The molecule has 0 aromatic rings. The average Bonchev–Trinajstić information content (AvgIpc) is 2.69. The molecule has 2 bridgehead atoms. The molecule has 0 saturated carbocycles. The summed E-state index contributed by atoms with van der Waals surface area (Å²) in [6.07, 6.45) is 9.29. The first-order chi connectivity index (χ1) is 14.1. The average molecular weight is 399 g/mol. The molecule has 3 heterocycles. The Bertz CT molecular complexity index is 701. The third kappa shape index (κ3) is 8.34. The minimum absolute atomic E-state index is 0.769. The molecule has 3 aliphatic heterocycles. The fraction of sp³-hybridized carbons (Fsp3) is 0.652. The van der Waals surface area contributed by atoms with Gasteiger partial charge in [0.05, 0.1) is 0 Å². The summed E-state index contributed by atoms with van der Waals surface area (Å²) < 4.78 is 0. The van der Waals surface area contributed by atoms with Crippen LogP contribution in [0.5, 0.6) is 0 Å². The molecule has 0 atom stereocenters. The minimum Gasteiger partial charge on any atom is -0.388 e. The van der Waals surface area contributed by atoms with Gasteiger partial charge in [-0.05, 0) is 59.8 Å². The lowest BCUT2D eigenvalue weighted by Gasteiger charge is -2.14. The maximum atomic E-state index is 4.82. The Hall–Kier alpha value is -2.24. The van der Waals surface area contributed by atoms with Crippen LogP contribution >= 0.6 is 0 Å². The van der Waals surface area contributed by atoms with Gasteiger partial charge < -0.3 is 10.6 Å². The third-order valence-electron chi connectivity index (χ3n) is 5.25. The summed E-state index contributed by atoms with van der Waals surface area (Å²) in [4.78, 5) is 18.9. The monoisotopic (exact) mass is 398 g/mol. The van der Waals surface area contributed by atoms with Gasteiger partial charge in [0.1, 0.15) is 0 Å². The fourth-order valence-corrected chi connectivity index (χ4v) is 3.39. The largest absolute Gasteiger partial charge is 0.388 e. The summed E-state index contributed by atoms with van der Waals surface area (Å²) in [6, 6.07) is 0. The SMILES string of the molecule is CC1=NCCCNC(C)=C2C=NCCCN=CC1=C(C)NCCCCCN=C2C. The molecule has 0 fully saturated rings. The normalized spacial score (nSPS) is 21.4. The first-order valence-corrected chi connectivity index (χ1v) is 11.0. The predicted octanol–water partition coefficient (Wildman–Crippen LogP) is 3.75. The summed E-state index contributed by atoms with van der Waals surface area (Å²) in [5.74, 6) is 0. The topological polar surface area (TPSA) is 73.5 Å². The number of fused-ring (bicyclic) bond motifs is 16. The minimum atomic E-state index is 0.769. The maximum absolute atomic E-state index is 4.82. The van der Waals surface area contributed by atoms with Crippen LogP contribution in [0.25, 0.3) is 0 Å². The van der Waals surface area contributed by atoms with E-state index in [0.29, 0.717) is 0 Å². The highest BCUT2D eigenvalue weighted by Gasteiger charge is 2.07. The quantitative estimate of drug-likeness (QED) is 0.652. The van der Waals surface area contributed by atoms with Crippen LogP contribution in [0.4, 0.5) is 0 Å². The predicted molar refractivity (Wildman–Crippen MR) is 127 cm³/mol. The number of nitrogens with one attached hydrogen (secondary N) is 2. The second-order valence-corrected chi connectivity index (χ2v) is 7.70. The zero-order valence-corrected chi connectivity index (χ0v) is 18.7. The van der Waals surface area contributed by atoms with E-state index in [1.54, 1.807) is 0 Å². The first-order valence-electron chi connectivity index (χ1n) is 11.0. The van der Waals surface area contributed by atoms with E-state index in [9.17, 15) is 0 Å². The molecule has 0 aliphatic carbocycles. The van der Waals surface area contributed by atoms with Crippen LogP contribution in [0.2, 0.25) is 0 Å². The van der Waals surface area contributed by atoms with Gasteiger partial charge in [-0.15, -0.1) is 0 Å². The standard InChI is InChI=1S/C23H38N6/c1-18-22-16-24-10-8-11-25-17-23(19(2)27-13-7-5-6-12-26-18)21(4)29-15-9-14-28-20(22)3/h16-17,26,29H,5-15H2,1-4H3. The number of nitrogens with zero attached hydrogens (tertiary/aromatic N) is 4. The number of aliphatic imine (C=N–C) groups is 4. The van der Waals surface area contributed by atoms with E-state index in [0.717, 1.165) is 105 Å². The van der Waals surface area contributed by atoms with Crippen molar-refractivity contribution >= 4 is 23.9 Å². The molecule has 3 rings (SSSR count). The zero-order chi connectivity index (χ0) is 20.9. The van der Waals surface area contributed by atoms with E-state index in [1.165, 1.54) is 0 Å². The van der Waals surface area contributed by atoms with Crippen molar-refractivity contribution in [1.82, 2.24) is 10.6 Å². The second-order valence-electron chi connectivity index (χ2n) is 7.70. The summed E-state index contributed by atoms with van der Waals surface area (Å²) in [5.41, 5.74) is 6.65. The highest BCUT2D eigenvalue weighted by Crippen LogP contribution is 2.08. The van der Waals surface area contributed by atoms with Crippen molar-refractivity contribution in [2.75, 3.05) is 39.3 Å². The second kappa shape index (κ2) is 13.1. The Labute approximate surface area is 176 Å². The van der Waals surface area contributed by atoms with Crippen LogP contribution in [-0.2, 0) is 0 Å². The Balaban J connectivity index is 2.37. The number of allylic oxidation sites excluding steroid dienone is 4. The van der Waals surface area contributed by atoms with Gasteiger partial charge in [0.2, 0.25) is 0 Å². The summed E-state index contributed by atoms with van der Waals surface area (Å²) in [5, 5.41) is 7.11. The Morgan fingerprint density at radius 2 is 1.10 bits per heavy atom. The molecule has 6 nitrogen and oxygen atoms in total. The number of hydrogen-bond acceptors (Lipinski definition) is 6. The lowest BCUT2D eigenvalue weighted by molar-refractivity contribution is 0.649. The van der Waals surface area contributed by atoms with Crippen molar-refractivity contribution in [2.45, 2.75) is 59.8 Å². The van der Waals surface area contributed by atoms with Crippen molar-refractivity contribution in [1.29, 1.82) is 0 Å². The van der Waals surface area contributed by atoms with Crippen molar-refractivity contribution in [3.05, 3.63) is 22.5 Å². The molecule has 0 aromatic carbocycles. The molecule has 29 heavy (non-hydrogen) atoms. The molecule has 0 unspecified atom stereocenters. The van der Waals surface area contributed by atoms with Gasteiger partial charge in [0.25, 0.3) is 0 Å². The molecule has 0 amide bonds. The molecule has 2 N–H and O–H groups in total. The number of rotatable bonds is 0. The van der Waals surface area contributed by atoms with Gasteiger partial charge >= 0.3 is 0 Å². The smallest absolute Gasteiger partial charge is 0.0422 e. The molecule has 0 aromatic heterocycles. The van der Waals surface area contributed by atoms with E-state index in [4.69, 9.17) is 9.98 Å². The Morgan fingerprint density at radius 1 is 0.586 bits per heavy atom. The molecule has 160 valence electrons. The Kier molecular flexibility index (Phi) is 10.4.